The maximum Gasteiger partial charge on any atom is 0.323 e. The van der Waals surface area contributed by atoms with Crippen molar-refractivity contribution in [2.24, 2.45) is 0 Å². The highest BCUT2D eigenvalue weighted by Crippen LogP contribution is 2.28. The molecule has 3 rings (SSSR count). The van der Waals surface area contributed by atoms with Crippen LogP contribution in [-0.2, 0) is 11.3 Å². The van der Waals surface area contributed by atoms with Crippen LogP contribution < -0.4 is 5.43 Å². The van der Waals surface area contributed by atoms with E-state index in [0.29, 0.717) is 21.8 Å². The van der Waals surface area contributed by atoms with Gasteiger partial charge in [-0.25, -0.2) is 0 Å². The lowest BCUT2D eigenvalue weighted by molar-refractivity contribution is -0.137. The van der Waals surface area contributed by atoms with Gasteiger partial charge < -0.3 is 9.67 Å². The minimum absolute atomic E-state index is 0.194. The van der Waals surface area contributed by atoms with Crippen LogP contribution in [0, 0.1) is 0 Å². The van der Waals surface area contributed by atoms with Crippen LogP contribution in [0.15, 0.2) is 41.2 Å². The maximum absolute atomic E-state index is 12.5. The van der Waals surface area contributed by atoms with E-state index in [0.717, 1.165) is 0 Å². The number of benzene rings is 2. The summed E-state index contributed by atoms with van der Waals surface area (Å²) in [5, 5.41) is 10.5. The number of carboxylic acid groups (broad SMARTS) is 1. The van der Waals surface area contributed by atoms with E-state index in [1.165, 1.54) is 12.1 Å². The number of fused-ring (bicyclic) bond motifs is 2. The third kappa shape index (κ3) is 2.26. The van der Waals surface area contributed by atoms with Crippen LogP contribution in [0.5, 0.6) is 0 Å². The summed E-state index contributed by atoms with van der Waals surface area (Å²) in [6.07, 6.45) is 0. The van der Waals surface area contributed by atoms with Crippen molar-refractivity contribution in [3.05, 3.63) is 56.7 Å². The van der Waals surface area contributed by atoms with E-state index in [1.807, 2.05) is 0 Å². The van der Waals surface area contributed by atoms with Gasteiger partial charge in [-0.3, -0.25) is 9.59 Å². The lowest BCUT2D eigenvalue weighted by Gasteiger charge is -2.13. The standard InChI is InChI=1S/C15H9Cl2NO3/c16-10-5-9-13(6-11(10)17)18(7-14(19)20)12-4-2-1-3-8(12)15(9)21/h1-6H,7H2,(H,19,20). The van der Waals surface area contributed by atoms with E-state index < -0.39 is 5.97 Å². The molecule has 0 aliphatic rings. The molecule has 0 atom stereocenters. The van der Waals surface area contributed by atoms with Gasteiger partial charge in [0, 0.05) is 10.8 Å². The predicted molar refractivity (Wildman–Crippen MR) is 83.4 cm³/mol. The molecule has 3 aromatic rings. The average Bonchev–Trinajstić information content (AvgIpc) is 2.45. The fraction of sp³-hybridized carbons (Fsp3) is 0.0667. The molecule has 1 heterocycles. The summed E-state index contributed by atoms with van der Waals surface area (Å²) in [5.74, 6) is -1.00. The number of aromatic nitrogens is 1. The van der Waals surface area contributed by atoms with Crippen molar-refractivity contribution in [3.8, 4) is 0 Å². The van der Waals surface area contributed by atoms with Crippen LogP contribution in [0.25, 0.3) is 21.8 Å². The minimum Gasteiger partial charge on any atom is -0.480 e. The van der Waals surface area contributed by atoms with Crippen LogP contribution in [0.2, 0.25) is 10.0 Å². The largest absolute Gasteiger partial charge is 0.480 e. The number of halogens is 2. The van der Waals surface area contributed by atoms with Crippen LogP contribution in [-0.4, -0.2) is 15.6 Å². The quantitative estimate of drug-likeness (QED) is 0.734. The molecule has 0 radical (unpaired) electrons. The summed E-state index contributed by atoms with van der Waals surface area (Å²) < 4.78 is 1.55. The van der Waals surface area contributed by atoms with Gasteiger partial charge in [0.2, 0.25) is 0 Å². The number of hydrogen-bond acceptors (Lipinski definition) is 2. The minimum atomic E-state index is -1.00. The monoisotopic (exact) mass is 321 g/mol. The number of carboxylic acids is 1. The number of para-hydroxylation sites is 1. The molecule has 4 nitrogen and oxygen atoms in total. The molecule has 0 aliphatic carbocycles. The molecule has 21 heavy (non-hydrogen) atoms. The molecule has 0 spiro atoms. The van der Waals surface area contributed by atoms with E-state index in [4.69, 9.17) is 28.3 Å². The Balaban J connectivity index is 2.58. The second kappa shape index (κ2) is 5.06. The third-order valence-corrected chi connectivity index (χ3v) is 4.03. The van der Waals surface area contributed by atoms with Gasteiger partial charge in [0.15, 0.2) is 5.43 Å². The first-order valence-corrected chi connectivity index (χ1v) is 6.86. The molecule has 6 heteroatoms. The van der Waals surface area contributed by atoms with Gasteiger partial charge in [0.25, 0.3) is 0 Å². The Kier molecular flexibility index (Phi) is 3.35. The highest BCUT2D eigenvalue weighted by molar-refractivity contribution is 6.42. The summed E-state index contributed by atoms with van der Waals surface area (Å²) in [4.78, 5) is 23.7. The number of nitrogens with zero attached hydrogens (tertiary/aromatic N) is 1. The van der Waals surface area contributed by atoms with Crippen LogP contribution in [0.4, 0.5) is 0 Å². The molecule has 0 amide bonds. The van der Waals surface area contributed by atoms with Gasteiger partial charge in [0.1, 0.15) is 6.54 Å². The Hall–Kier alpha value is -2.04. The molecule has 106 valence electrons. The first-order chi connectivity index (χ1) is 9.99. The fourth-order valence-corrected chi connectivity index (χ4v) is 2.74. The summed E-state index contributed by atoms with van der Waals surface area (Å²) in [6, 6.07) is 9.86. The fourth-order valence-electron chi connectivity index (χ4n) is 2.42. The Morgan fingerprint density at radius 1 is 1.05 bits per heavy atom. The predicted octanol–water partition coefficient (Wildman–Crippen LogP) is 3.55. The van der Waals surface area contributed by atoms with Crippen molar-refractivity contribution in [3.63, 3.8) is 0 Å². The van der Waals surface area contributed by atoms with Crippen molar-refractivity contribution in [1.82, 2.24) is 4.57 Å². The first-order valence-electron chi connectivity index (χ1n) is 6.11. The highest BCUT2D eigenvalue weighted by atomic mass is 35.5. The van der Waals surface area contributed by atoms with Crippen molar-refractivity contribution >= 4 is 51.0 Å². The number of rotatable bonds is 2. The van der Waals surface area contributed by atoms with E-state index in [9.17, 15) is 9.59 Å². The second-order valence-electron chi connectivity index (χ2n) is 4.61. The molecule has 1 N–H and O–H groups in total. The van der Waals surface area contributed by atoms with Crippen LogP contribution in [0.3, 0.4) is 0 Å². The van der Waals surface area contributed by atoms with Crippen molar-refractivity contribution in [2.45, 2.75) is 6.54 Å². The summed E-state index contributed by atoms with van der Waals surface area (Å²) in [6.45, 7) is -0.269. The second-order valence-corrected chi connectivity index (χ2v) is 5.42. The molecule has 2 aromatic carbocycles. The molecule has 0 aliphatic heterocycles. The Morgan fingerprint density at radius 2 is 1.71 bits per heavy atom. The maximum atomic E-state index is 12.5. The molecular formula is C15H9Cl2NO3. The molecular weight excluding hydrogens is 313 g/mol. The average molecular weight is 322 g/mol. The third-order valence-electron chi connectivity index (χ3n) is 3.31. The van der Waals surface area contributed by atoms with E-state index in [2.05, 4.69) is 0 Å². The zero-order chi connectivity index (χ0) is 15.1. The zero-order valence-corrected chi connectivity index (χ0v) is 12.1. The van der Waals surface area contributed by atoms with Crippen molar-refractivity contribution < 1.29 is 9.90 Å². The topological polar surface area (TPSA) is 59.3 Å². The van der Waals surface area contributed by atoms with E-state index in [-0.39, 0.29) is 22.0 Å². The van der Waals surface area contributed by atoms with Crippen molar-refractivity contribution in [1.29, 1.82) is 0 Å². The Bertz CT molecular complexity index is 947. The zero-order valence-electron chi connectivity index (χ0n) is 10.6. The summed E-state index contributed by atoms with van der Waals surface area (Å²) in [7, 11) is 0. The Morgan fingerprint density at radius 3 is 2.43 bits per heavy atom. The van der Waals surface area contributed by atoms with Gasteiger partial charge in [-0.15, -0.1) is 0 Å². The summed E-state index contributed by atoms with van der Waals surface area (Å²) in [5.41, 5.74) is 0.812. The summed E-state index contributed by atoms with van der Waals surface area (Å²) >= 11 is 12.0. The molecule has 0 saturated carbocycles. The number of hydrogen-bond donors (Lipinski definition) is 1. The lowest BCUT2D eigenvalue weighted by Crippen LogP contribution is -2.15. The SMILES string of the molecule is O=C(O)Cn1c2ccccc2c(=O)c2cc(Cl)c(Cl)cc21. The molecule has 0 unspecified atom stereocenters. The van der Waals surface area contributed by atoms with Gasteiger partial charge in [-0.05, 0) is 24.3 Å². The Labute approximate surface area is 129 Å². The molecule has 1 aromatic heterocycles. The molecule has 0 bridgehead atoms. The van der Waals surface area contributed by atoms with Crippen LogP contribution >= 0.6 is 23.2 Å². The van der Waals surface area contributed by atoms with Gasteiger partial charge in [0.05, 0.1) is 21.1 Å². The van der Waals surface area contributed by atoms with E-state index >= 15 is 0 Å². The van der Waals surface area contributed by atoms with Gasteiger partial charge in [-0.2, -0.15) is 0 Å². The number of carbonyl (C=O) groups is 1. The van der Waals surface area contributed by atoms with Gasteiger partial charge >= 0.3 is 5.97 Å². The van der Waals surface area contributed by atoms with E-state index in [1.54, 1.807) is 28.8 Å². The first kappa shape index (κ1) is 13.9. The van der Waals surface area contributed by atoms with Gasteiger partial charge in [-0.1, -0.05) is 35.3 Å². The number of pyridine rings is 1. The number of aliphatic carboxylic acids is 1. The highest BCUT2D eigenvalue weighted by Gasteiger charge is 2.14. The smallest absolute Gasteiger partial charge is 0.323 e. The molecule has 0 fully saturated rings. The lowest BCUT2D eigenvalue weighted by atomic mass is 10.1. The van der Waals surface area contributed by atoms with Crippen LogP contribution in [0.1, 0.15) is 0 Å². The van der Waals surface area contributed by atoms with Crippen molar-refractivity contribution in [2.75, 3.05) is 0 Å². The normalized spacial score (nSPS) is 11.1. The molecule has 0 saturated heterocycles.